The number of nitrogens with zero attached hydrogens (tertiary/aromatic N) is 2. The molecule has 3 rings (SSSR count). The van der Waals surface area contributed by atoms with Crippen molar-refractivity contribution in [2.24, 2.45) is 5.73 Å². The molecule has 0 bridgehead atoms. The predicted octanol–water partition coefficient (Wildman–Crippen LogP) is 2.32. The van der Waals surface area contributed by atoms with Crippen molar-refractivity contribution < 1.29 is 9.18 Å². The summed E-state index contributed by atoms with van der Waals surface area (Å²) in [4.78, 5) is 15.2. The first-order valence-electron chi connectivity index (χ1n) is 6.92. The number of anilines is 1. The first-order valence-corrected chi connectivity index (χ1v) is 6.92. The zero-order valence-electron chi connectivity index (χ0n) is 12.1. The van der Waals surface area contributed by atoms with Gasteiger partial charge in [0.2, 0.25) is 0 Å². The summed E-state index contributed by atoms with van der Waals surface area (Å²) in [7, 11) is 0. The normalized spacial score (nSPS) is 10.5. The van der Waals surface area contributed by atoms with Crippen molar-refractivity contribution in [3.63, 3.8) is 0 Å². The third-order valence-corrected chi connectivity index (χ3v) is 3.28. The molecule has 0 atom stereocenters. The first-order chi connectivity index (χ1) is 11.1. The smallest absolute Gasteiger partial charge is 0.251 e. The number of amides is 1. The maximum absolute atomic E-state index is 13.7. The number of benzene rings is 1. The number of hydrogen-bond acceptors (Lipinski definition) is 4. The van der Waals surface area contributed by atoms with E-state index in [0.717, 1.165) is 17.1 Å². The summed E-state index contributed by atoms with van der Waals surface area (Å²) in [6, 6.07) is 11.6. The number of carbonyl (C=O) groups is 1. The molecule has 3 aromatic rings. The van der Waals surface area contributed by atoms with Crippen LogP contribution in [0.15, 0.2) is 48.7 Å². The van der Waals surface area contributed by atoms with Crippen LogP contribution < -0.4 is 11.1 Å². The molecule has 2 heterocycles. The Morgan fingerprint density at radius 2 is 2.09 bits per heavy atom. The number of H-pyrrole nitrogens is 1. The topological polar surface area (TPSA) is 96.7 Å². The molecule has 1 amide bonds. The number of hydrogen-bond donors (Lipinski definition) is 3. The van der Waals surface area contributed by atoms with E-state index in [2.05, 4.69) is 20.5 Å². The Morgan fingerprint density at radius 3 is 2.78 bits per heavy atom. The van der Waals surface area contributed by atoms with E-state index in [9.17, 15) is 9.18 Å². The van der Waals surface area contributed by atoms with E-state index in [1.54, 1.807) is 12.3 Å². The summed E-state index contributed by atoms with van der Waals surface area (Å²) >= 11 is 0. The predicted molar refractivity (Wildman–Crippen MR) is 84.1 cm³/mol. The number of nitrogens with one attached hydrogen (secondary N) is 2. The fraction of sp³-hybridized carbons (Fsp3) is 0.0625. The van der Waals surface area contributed by atoms with Gasteiger partial charge in [0.05, 0.1) is 23.5 Å². The highest BCUT2D eigenvalue weighted by Crippen LogP contribution is 2.17. The van der Waals surface area contributed by atoms with Gasteiger partial charge in [0, 0.05) is 11.9 Å². The van der Waals surface area contributed by atoms with Crippen molar-refractivity contribution in [3.8, 4) is 11.4 Å². The summed E-state index contributed by atoms with van der Waals surface area (Å²) in [5.41, 5.74) is 7.81. The van der Waals surface area contributed by atoms with Gasteiger partial charge in [-0.25, -0.2) is 4.39 Å². The number of pyridine rings is 1. The van der Waals surface area contributed by atoms with E-state index < -0.39 is 11.7 Å². The van der Waals surface area contributed by atoms with Crippen LogP contribution in [-0.4, -0.2) is 21.1 Å². The van der Waals surface area contributed by atoms with Crippen LogP contribution >= 0.6 is 0 Å². The molecule has 0 spiro atoms. The van der Waals surface area contributed by atoms with Crippen LogP contribution in [-0.2, 0) is 6.54 Å². The number of nitrogens with two attached hydrogens (primary N) is 1. The lowest BCUT2D eigenvalue weighted by Gasteiger charge is -2.06. The van der Waals surface area contributed by atoms with Gasteiger partial charge in [-0.2, -0.15) is 5.10 Å². The molecule has 7 heteroatoms. The Hall–Kier alpha value is -3.22. The number of carbonyl (C=O) groups excluding carboxylic acids is 1. The van der Waals surface area contributed by atoms with Crippen molar-refractivity contribution in [3.05, 3.63) is 65.7 Å². The first kappa shape index (κ1) is 14.7. The van der Waals surface area contributed by atoms with E-state index in [1.807, 2.05) is 24.3 Å². The number of halogens is 1. The zero-order chi connectivity index (χ0) is 16.2. The molecule has 0 aliphatic rings. The molecule has 0 radical (unpaired) electrons. The lowest BCUT2D eigenvalue weighted by atomic mass is 10.2. The minimum absolute atomic E-state index is 0.130. The fourth-order valence-electron chi connectivity index (χ4n) is 2.12. The van der Waals surface area contributed by atoms with E-state index in [1.165, 1.54) is 12.1 Å². The van der Waals surface area contributed by atoms with Crippen molar-refractivity contribution >= 4 is 11.6 Å². The largest absolute Gasteiger partial charge is 0.379 e. The van der Waals surface area contributed by atoms with Crippen LogP contribution in [0.5, 0.6) is 0 Å². The van der Waals surface area contributed by atoms with Crippen molar-refractivity contribution in [2.75, 3.05) is 5.32 Å². The Bertz CT molecular complexity index is 831. The zero-order valence-corrected chi connectivity index (χ0v) is 12.1. The minimum Gasteiger partial charge on any atom is -0.379 e. The average Bonchev–Trinajstić information content (AvgIpc) is 3.02. The molecule has 0 saturated heterocycles. The van der Waals surface area contributed by atoms with Crippen LogP contribution in [0.2, 0.25) is 0 Å². The Morgan fingerprint density at radius 1 is 1.22 bits per heavy atom. The number of primary amides is 1. The number of rotatable bonds is 5. The second-order valence-corrected chi connectivity index (χ2v) is 4.91. The molecule has 0 aliphatic heterocycles. The average molecular weight is 311 g/mol. The second-order valence-electron chi connectivity index (χ2n) is 4.91. The van der Waals surface area contributed by atoms with E-state index in [-0.39, 0.29) is 5.56 Å². The van der Waals surface area contributed by atoms with Crippen molar-refractivity contribution in [2.45, 2.75) is 6.54 Å². The fourth-order valence-corrected chi connectivity index (χ4v) is 2.12. The molecule has 0 fully saturated rings. The van der Waals surface area contributed by atoms with Crippen molar-refractivity contribution in [1.82, 2.24) is 15.2 Å². The highest BCUT2D eigenvalue weighted by Gasteiger charge is 2.09. The van der Waals surface area contributed by atoms with E-state index >= 15 is 0 Å². The van der Waals surface area contributed by atoms with Gasteiger partial charge >= 0.3 is 0 Å². The highest BCUT2D eigenvalue weighted by atomic mass is 19.1. The maximum Gasteiger partial charge on any atom is 0.251 e. The summed E-state index contributed by atoms with van der Waals surface area (Å²) in [6.07, 6.45) is 1.70. The van der Waals surface area contributed by atoms with Crippen LogP contribution in [0.1, 0.15) is 16.1 Å². The number of aromatic amines is 1. The highest BCUT2D eigenvalue weighted by molar-refractivity contribution is 5.93. The summed E-state index contributed by atoms with van der Waals surface area (Å²) in [6.45, 7) is 0.426. The molecule has 1 aromatic carbocycles. The van der Waals surface area contributed by atoms with Gasteiger partial charge in [-0.3, -0.25) is 14.9 Å². The summed E-state index contributed by atoms with van der Waals surface area (Å²) in [5, 5.41) is 10.1. The van der Waals surface area contributed by atoms with Gasteiger partial charge in [0.15, 0.2) is 0 Å². The molecular formula is C16H14FN5O. The van der Waals surface area contributed by atoms with Crippen LogP contribution in [0.25, 0.3) is 11.4 Å². The molecule has 0 saturated carbocycles. The maximum atomic E-state index is 13.7. The van der Waals surface area contributed by atoms with E-state index in [4.69, 9.17) is 5.73 Å². The van der Waals surface area contributed by atoms with Gasteiger partial charge in [-0.15, -0.1) is 0 Å². The van der Waals surface area contributed by atoms with Crippen LogP contribution in [0.4, 0.5) is 10.1 Å². The van der Waals surface area contributed by atoms with Gasteiger partial charge in [0.1, 0.15) is 11.5 Å². The van der Waals surface area contributed by atoms with Gasteiger partial charge in [-0.05, 0) is 36.4 Å². The molecular weight excluding hydrogens is 297 g/mol. The minimum atomic E-state index is -0.789. The van der Waals surface area contributed by atoms with Gasteiger partial charge in [0.25, 0.3) is 5.91 Å². The second kappa shape index (κ2) is 6.27. The molecule has 2 aromatic heterocycles. The van der Waals surface area contributed by atoms with Crippen LogP contribution in [0, 0.1) is 5.82 Å². The SMILES string of the molecule is NC(=O)c1ccc(NCc2cc(-c3ccccn3)n[nH]2)cc1F. The molecule has 23 heavy (non-hydrogen) atoms. The Kier molecular flexibility index (Phi) is 4.01. The summed E-state index contributed by atoms with van der Waals surface area (Å²) < 4.78 is 13.7. The molecule has 4 N–H and O–H groups in total. The lowest BCUT2D eigenvalue weighted by molar-refractivity contribution is 0.0996. The van der Waals surface area contributed by atoms with Gasteiger partial charge in [-0.1, -0.05) is 6.07 Å². The van der Waals surface area contributed by atoms with Crippen molar-refractivity contribution in [1.29, 1.82) is 0 Å². The third kappa shape index (κ3) is 3.34. The Labute approximate surface area is 131 Å². The summed E-state index contributed by atoms with van der Waals surface area (Å²) in [5.74, 6) is -1.44. The molecule has 116 valence electrons. The van der Waals surface area contributed by atoms with Crippen LogP contribution in [0.3, 0.4) is 0 Å². The Balaban J connectivity index is 1.68. The third-order valence-electron chi connectivity index (χ3n) is 3.28. The molecule has 0 unspecified atom stereocenters. The monoisotopic (exact) mass is 311 g/mol. The standard InChI is InChI=1S/C16H14FN5O/c17-13-7-10(4-5-12(13)16(18)23)20-9-11-8-15(22-21-11)14-3-1-2-6-19-14/h1-8,20H,9H2,(H2,18,23)(H,21,22). The number of aromatic nitrogens is 3. The van der Waals surface area contributed by atoms with E-state index in [0.29, 0.717) is 12.2 Å². The molecule has 6 nitrogen and oxygen atoms in total. The quantitative estimate of drug-likeness (QED) is 0.673. The lowest BCUT2D eigenvalue weighted by Crippen LogP contribution is -2.13. The molecule has 0 aliphatic carbocycles. The van der Waals surface area contributed by atoms with Gasteiger partial charge < -0.3 is 11.1 Å².